The molecular formula is C6H8NO+. The van der Waals surface area contributed by atoms with E-state index in [2.05, 4.69) is 4.98 Å². The first-order valence-corrected chi connectivity index (χ1v) is 2.69. The van der Waals surface area contributed by atoms with Crippen LogP contribution in [-0.2, 0) is 18.0 Å². The molecule has 0 radical (unpaired) electrons. The standard InChI is InChI=1S/C6H7NO/c1-5-3-8-4-6(5)2-7-1/h1-2,7H,3-4H2/p+1. The molecule has 0 spiro atoms. The van der Waals surface area contributed by atoms with Gasteiger partial charge in [-0.2, -0.15) is 0 Å². The van der Waals surface area contributed by atoms with E-state index in [0.29, 0.717) is 0 Å². The van der Waals surface area contributed by atoms with Gasteiger partial charge >= 0.3 is 1.43 Å². The topological polar surface area (TPSA) is 25.0 Å². The molecule has 0 atom stereocenters. The summed E-state index contributed by atoms with van der Waals surface area (Å²) in [4.78, 5) is 3.02. The van der Waals surface area contributed by atoms with Crippen LogP contribution in [-0.4, -0.2) is 4.98 Å². The van der Waals surface area contributed by atoms with Crippen LogP contribution in [0.5, 0.6) is 0 Å². The molecule has 2 nitrogen and oxygen atoms in total. The molecule has 0 aliphatic carbocycles. The van der Waals surface area contributed by atoms with Crippen molar-refractivity contribution in [2.75, 3.05) is 0 Å². The number of aromatic amines is 1. The zero-order chi connectivity index (χ0) is 5.40. The third kappa shape index (κ3) is 0.406. The third-order valence-electron chi connectivity index (χ3n) is 1.44. The minimum Gasteiger partial charge on any atom is -0.372 e. The van der Waals surface area contributed by atoms with Crippen molar-refractivity contribution in [2.24, 2.45) is 0 Å². The Hall–Kier alpha value is -0.760. The van der Waals surface area contributed by atoms with Crippen LogP contribution in [0.1, 0.15) is 12.6 Å². The summed E-state index contributed by atoms with van der Waals surface area (Å²) >= 11 is 0. The molecule has 0 saturated heterocycles. The molecule has 0 fully saturated rings. The van der Waals surface area contributed by atoms with Gasteiger partial charge in [-0.15, -0.1) is 0 Å². The van der Waals surface area contributed by atoms with Crippen LogP contribution in [0.15, 0.2) is 12.4 Å². The largest absolute Gasteiger partial charge is 1.00 e. The van der Waals surface area contributed by atoms with Crippen molar-refractivity contribution in [3.05, 3.63) is 23.5 Å². The molecule has 1 aromatic rings. The molecule has 1 aliphatic heterocycles. The number of H-pyrrole nitrogens is 1. The summed E-state index contributed by atoms with van der Waals surface area (Å²) in [5.74, 6) is 0. The van der Waals surface area contributed by atoms with Gasteiger partial charge in [-0.1, -0.05) is 0 Å². The molecule has 0 bridgehead atoms. The highest BCUT2D eigenvalue weighted by Crippen LogP contribution is 2.17. The van der Waals surface area contributed by atoms with Gasteiger partial charge in [0.1, 0.15) is 0 Å². The smallest absolute Gasteiger partial charge is 0.372 e. The lowest BCUT2D eigenvalue weighted by Gasteiger charge is -1.82. The minimum atomic E-state index is 0. The molecule has 0 unspecified atom stereocenters. The fourth-order valence-electron chi connectivity index (χ4n) is 0.968. The monoisotopic (exact) mass is 110 g/mol. The van der Waals surface area contributed by atoms with E-state index < -0.39 is 0 Å². The van der Waals surface area contributed by atoms with Crippen LogP contribution in [0.4, 0.5) is 0 Å². The van der Waals surface area contributed by atoms with Crippen molar-refractivity contribution in [3.8, 4) is 0 Å². The lowest BCUT2D eigenvalue weighted by Crippen LogP contribution is -1.74. The van der Waals surface area contributed by atoms with E-state index in [1.54, 1.807) is 0 Å². The molecule has 1 aromatic heterocycles. The van der Waals surface area contributed by atoms with E-state index in [-0.39, 0.29) is 1.43 Å². The second-order valence-corrected chi connectivity index (χ2v) is 2.00. The summed E-state index contributed by atoms with van der Waals surface area (Å²) in [7, 11) is 0. The molecule has 2 rings (SSSR count). The number of nitrogens with one attached hydrogen (secondary N) is 1. The number of aromatic nitrogens is 1. The van der Waals surface area contributed by atoms with Crippen LogP contribution in [0.25, 0.3) is 0 Å². The van der Waals surface area contributed by atoms with Crippen LogP contribution in [0.3, 0.4) is 0 Å². The van der Waals surface area contributed by atoms with Crippen molar-refractivity contribution >= 4 is 0 Å². The number of fused-ring (bicyclic) bond motifs is 1. The normalized spacial score (nSPS) is 16.5. The van der Waals surface area contributed by atoms with E-state index in [4.69, 9.17) is 4.74 Å². The first-order valence-electron chi connectivity index (χ1n) is 2.69. The Balaban J connectivity index is 0.000000405. The quantitative estimate of drug-likeness (QED) is 0.532. The predicted octanol–water partition coefficient (Wildman–Crippen LogP) is 1.16. The summed E-state index contributed by atoms with van der Waals surface area (Å²) in [6, 6.07) is 0. The second kappa shape index (κ2) is 1.36. The first kappa shape index (κ1) is 4.15. The van der Waals surface area contributed by atoms with E-state index in [1.165, 1.54) is 11.1 Å². The van der Waals surface area contributed by atoms with Crippen LogP contribution >= 0.6 is 0 Å². The van der Waals surface area contributed by atoms with Gasteiger partial charge in [0, 0.05) is 23.5 Å². The second-order valence-electron chi connectivity index (χ2n) is 2.00. The van der Waals surface area contributed by atoms with Crippen molar-refractivity contribution in [1.82, 2.24) is 4.98 Å². The minimum absolute atomic E-state index is 0. The Morgan fingerprint density at radius 1 is 1.38 bits per heavy atom. The van der Waals surface area contributed by atoms with Crippen LogP contribution in [0.2, 0.25) is 0 Å². The van der Waals surface area contributed by atoms with Crippen molar-refractivity contribution < 1.29 is 6.16 Å². The zero-order valence-electron chi connectivity index (χ0n) is 5.48. The summed E-state index contributed by atoms with van der Waals surface area (Å²) in [6.07, 6.45) is 3.98. The SMILES string of the molecule is [H+].c1[nH]cc2c1COC2. The number of hydrogen-bond acceptors (Lipinski definition) is 1. The van der Waals surface area contributed by atoms with Gasteiger partial charge < -0.3 is 9.72 Å². The average molecular weight is 110 g/mol. The van der Waals surface area contributed by atoms with Gasteiger partial charge in [0.2, 0.25) is 0 Å². The third-order valence-corrected chi connectivity index (χ3v) is 1.44. The van der Waals surface area contributed by atoms with Crippen LogP contribution < -0.4 is 0 Å². The highest BCUT2D eigenvalue weighted by atomic mass is 16.5. The average Bonchev–Trinajstić information content (AvgIpc) is 2.15. The molecular weight excluding hydrogens is 102 g/mol. The highest BCUT2D eigenvalue weighted by Gasteiger charge is 2.09. The highest BCUT2D eigenvalue weighted by molar-refractivity contribution is 5.23. The van der Waals surface area contributed by atoms with Gasteiger partial charge in [0.15, 0.2) is 0 Å². The Morgan fingerprint density at radius 3 is 2.62 bits per heavy atom. The van der Waals surface area contributed by atoms with Gasteiger partial charge in [-0.05, 0) is 0 Å². The van der Waals surface area contributed by atoms with Gasteiger partial charge in [-0.25, -0.2) is 0 Å². The Bertz CT molecular complexity index is 178. The summed E-state index contributed by atoms with van der Waals surface area (Å²) < 4.78 is 5.13. The lowest BCUT2D eigenvalue weighted by atomic mass is 10.2. The zero-order valence-corrected chi connectivity index (χ0v) is 4.48. The van der Waals surface area contributed by atoms with E-state index >= 15 is 0 Å². The summed E-state index contributed by atoms with van der Waals surface area (Å²) in [5.41, 5.74) is 2.62. The molecule has 0 aromatic carbocycles. The summed E-state index contributed by atoms with van der Waals surface area (Å²) in [6.45, 7) is 1.58. The number of rotatable bonds is 0. The summed E-state index contributed by atoms with van der Waals surface area (Å²) in [5, 5.41) is 0. The molecule has 0 amide bonds. The molecule has 8 heavy (non-hydrogen) atoms. The molecule has 42 valence electrons. The maximum atomic E-state index is 5.13. The fourth-order valence-corrected chi connectivity index (χ4v) is 0.968. The van der Waals surface area contributed by atoms with Gasteiger partial charge in [0.25, 0.3) is 0 Å². The van der Waals surface area contributed by atoms with Gasteiger partial charge in [0.05, 0.1) is 13.2 Å². The molecule has 1 N–H and O–H groups in total. The van der Waals surface area contributed by atoms with Crippen LogP contribution in [0, 0.1) is 0 Å². The van der Waals surface area contributed by atoms with Crippen molar-refractivity contribution in [1.29, 1.82) is 0 Å². The number of ether oxygens (including phenoxy) is 1. The molecule has 1 aliphatic rings. The molecule has 0 saturated carbocycles. The lowest BCUT2D eigenvalue weighted by molar-refractivity contribution is 0.133. The van der Waals surface area contributed by atoms with Gasteiger partial charge in [-0.3, -0.25) is 0 Å². The molecule has 2 heteroatoms. The Morgan fingerprint density at radius 2 is 2.00 bits per heavy atom. The maximum absolute atomic E-state index is 5.13. The number of hydrogen-bond donors (Lipinski definition) is 1. The van der Waals surface area contributed by atoms with Crippen molar-refractivity contribution in [3.63, 3.8) is 0 Å². The Labute approximate surface area is 49.0 Å². The Kier molecular flexibility index (Phi) is 0.704. The van der Waals surface area contributed by atoms with E-state index in [9.17, 15) is 0 Å². The predicted molar refractivity (Wildman–Crippen MR) is 30.4 cm³/mol. The molecule has 2 heterocycles. The van der Waals surface area contributed by atoms with E-state index in [0.717, 1.165) is 13.2 Å². The van der Waals surface area contributed by atoms with Crippen molar-refractivity contribution in [2.45, 2.75) is 13.2 Å². The fraction of sp³-hybridized carbons (Fsp3) is 0.333. The van der Waals surface area contributed by atoms with E-state index in [1.807, 2.05) is 12.4 Å². The maximum Gasteiger partial charge on any atom is 1.00 e. The first-order chi connectivity index (χ1) is 3.97.